The van der Waals surface area contributed by atoms with Crippen molar-refractivity contribution >= 4 is 80.5 Å². The van der Waals surface area contributed by atoms with E-state index in [-0.39, 0.29) is 31.5 Å². The standard InChI is InChI=1S/C18H16N2O5S4/c1-24-12-4-2-11(3-5-12)8-13-16(23)20(18(27)29-13)9-15(22)25-7-6-19-14(21)10-28-17(19)26/h2-5,8H,6-7,9-10H2,1H3/b13-8-. The Morgan fingerprint density at radius 2 is 1.90 bits per heavy atom. The molecular formula is C18H16N2O5S4. The summed E-state index contributed by atoms with van der Waals surface area (Å²) >= 11 is 12.7. The van der Waals surface area contributed by atoms with Gasteiger partial charge in [-0.05, 0) is 23.8 Å². The lowest BCUT2D eigenvalue weighted by molar-refractivity contribution is -0.146. The molecule has 152 valence electrons. The molecule has 2 saturated heterocycles. The lowest BCUT2D eigenvalue weighted by Gasteiger charge is -2.16. The van der Waals surface area contributed by atoms with Gasteiger partial charge in [0.2, 0.25) is 5.91 Å². The summed E-state index contributed by atoms with van der Waals surface area (Å²) in [5.74, 6) is -0.0227. The summed E-state index contributed by atoms with van der Waals surface area (Å²) in [4.78, 5) is 39.4. The molecule has 2 aliphatic rings. The Balaban J connectivity index is 1.53. The zero-order valence-electron chi connectivity index (χ0n) is 15.3. The summed E-state index contributed by atoms with van der Waals surface area (Å²) in [6.07, 6.45) is 1.71. The van der Waals surface area contributed by atoms with E-state index in [2.05, 4.69) is 0 Å². The summed E-state index contributed by atoms with van der Waals surface area (Å²) in [5.41, 5.74) is 0.818. The molecule has 2 aliphatic heterocycles. The fourth-order valence-electron chi connectivity index (χ4n) is 2.51. The molecule has 7 nitrogen and oxygen atoms in total. The second-order valence-electron chi connectivity index (χ2n) is 5.86. The maximum atomic E-state index is 12.6. The van der Waals surface area contributed by atoms with Crippen LogP contribution in [0.5, 0.6) is 5.75 Å². The summed E-state index contributed by atoms with van der Waals surface area (Å²) in [6.45, 7) is -0.0777. The van der Waals surface area contributed by atoms with Crippen LogP contribution in [0.4, 0.5) is 0 Å². The first-order valence-electron chi connectivity index (χ1n) is 8.41. The molecule has 0 atom stereocenters. The Bertz CT molecular complexity index is 884. The van der Waals surface area contributed by atoms with E-state index < -0.39 is 5.97 Å². The van der Waals surface area contributed by atoms with Crippen molar-refractivity contribution in [1.29, 1.82) is 0 Å². The fourth-order valence-corrected chi connectivity index (χ4v) is 4.89. The molecule has 0 radical (unpaired) electrons. The van der Waals surface area contributed by atoms with Crippen molar-refractivity contribution in [3.63, 3.8) is 0 Å². The van der Waals surface area contributed by atoms with Gasteiger partial charge in [0.15, 0.2) is 0 Å². The SMILES string of the molecule is COc1ccc(/C=C2\SC(=S)N(CC(=O)OCCN3C(=O)CSC3=S)C2=O)cc1. The second-order valence-corrected chi connectivity index (χ2v) is 9.15. The number of nitrogens with zero attached hydrogens (tertiary/aromatic N) is 2. The Labute approximate surface area is 186 Å². The number of carbonyl (C=O) groups excluding carboxylic acids is 3. The van der Waals surface area contributed by atoms with Crippen molar-refractivity contribution < 1.29 is 23.9 Å². The van der Waals surface area contributed by atoms with Gasteiger partial charge < -0.3 is 9.47 Å². The monoisotopic (exact) mass is 468 g/mol. The normalized spacial score (nSPS) is 18.2. The number of hydrogen-bond acceptors (Lipinski definition) is 9. The van der Waals surface area contributed by atoms with E-state index in [4.69, 9.17) is 33.9 Å². The molecular weight excluding hydrogens is 452 g/mol. The molecule has 3 rings (SSSR count). The summed E-state index contributed by atoms with van der Waals surface area (Å²) in [7, 11) is 1.58. The molecule has 2 amide bonds. The Hall–Kier alpha value is -1.95. The van der Waals surface area contributed by atoms with Crippen molar-refractivity contribution in [3.8, 4) is 5.75 Å². The van der Waals surface area contributed by atoms with Gasteiger partial charge in [0.1, 0.15) is 27.5 Å². The van der Waals surface area contributed by atoms with Gasteiger partial charge >= 0.3 is 5.97 Å². The molecule has 0 N–H and O–H groups in total. The van der Waals surface area contributed by atoms with Crippen molar-refractivity contribution in [2.45, 2.75) is 0 Å². The molecule has 1 aromatic carbocycles. The topological polar surface area (TPSA) is 76.2 Å². The number of hydrogen-bond donors (Lipinski definition) is 0. The smallest absolute Gasteiger partial charge is 0.326 e. The third kappa shape index (κ3) is 5.35. The van der Waals surface area contributed by atoms with Gasteiger partial charge in [-0.2, -0.15) is 0 Å². The quantitative estimate of drug-likeness (QED) is 0.340. The van der Waals surface area contributed by atoms with Gasteiger partial charge in [-0.1, -0.05) is 60.1 Å². The highest BCUT2D eigenvalue weighted by Gasteiger charge is 2.34. The van der Waals surface area contributed by atoms with Crippen LogP contribution in [0.3, 0.4) is 0 Å². The lowest BCUT2D eigenvalue weighted by Crippen LogP contribution is -2.36. The number of rotatable bonds is 7. The molecule has 2 heterocycles. The van der Waals surface area contributed by atoms with Crippen LogP contribution >= 0.6 is 48.0 Å². The van der Waals surface area contributed by atoms with E-state index in [0.717, 1.165) is 17.3 Å². The number of ether oxygens (including phenoxy) is 2. The number of carbonyl (C=O) groups is 3. The summed E-state index contributed by atoms with van der Waals surface area (Å²) in [5, 5.41) is 0. The second kappa shape index (κ2) is 9.70. The van der Waals surface area contributed by atoms with E-state index in [9.17, 15) is 14.4 Å². The number of methoxy groups -OCH3 is 1. The van der Waals surface area contributed by atoms with E-state index in [1.54, 1.807) is 25.3 Å². The molecule has 1 aromatic rings. The largest absolute Gasteiger partial charge is 0.497 e. The number of thioether (sulfide) groups is 2. The van der Waals surface area contributed by atoms with Crippen LogP contribution in [0.15, 0.2) is 29.2 Å². The van der Waals surface area contributed by atoms with E-state index >= 15 is 0 Å². The minimum absolute atomic E-state index is 0.00174. The first-order chi connectivity index (χ1) is 13.9. The number of thiocarbonyl (C=S) groups is 2. The van der Waals surface area contributed by atoms with Crippen molar-refractivity contribution in [1.82, 2.24) is 9.80 Å². The van der Waals surface area contributed by atoms with Crippen LogP contribution < -0.4 is 4.74 Å². The van der Waals surface area contributed by atoms with Crippen molar-refractivity contribution in [2.24, 2.45) is 0 Å². The molecule has 0 unspecified atom stereocenters. The first kappa shape index (κ1) is 21.8. The highest BCUT2D eigenvalue weighted by Crippen LogP contribution is 2.32. The zero-order valence-corrected chi connectivity index (χ0v) is 18.5. The van der Waals surface area contributed by atoms with Gasteiger partial charge in [0.05, 0.1) is 24.3 Å². The molecule has 11 heteroatoms. The molecule has 0 aliphatic carbocycles. The molecule has 2 fully saturated rings. The van der Waals surface area contributed by atoms with Crippen molar-refractivity contribution in [2.75, 3.05) is 32.6 Å². The molecule has 0 aromatic heterocycles. The Morgan fingerprint density at radius 1 is 1.17 bits per heavy atom. The van der Waals surface area contributed by atoms with E-state index in [0.29, 0.717) is 25.0 Å². The predicted molar refractivity (Wildman–Crippen MR) is 121 cm³/mol. The first-order valence-corrected chi connectivity index (χ1v) is 11.0. The third-order valence-electron chi connectivity index (χ3n) is 3.99. The minimum Gasteiger partial charge on any atom is -0.497 e. The fraction of sp³-hybridized carbons (Fsp3) is 0.278. The van der Waals surface area contributed by atoms with Crippen LogP contribution in [0.25, 0.3) is 6.08 Å². The van der Waals surface area contributed by atoms with Crippen LogP contribution in [-0.2, 0) is 19.1 Å². The summed E-state index contributed by atoms with van der Waals surface area (Å²) in [6, 6.07) is 7.22. The van der Waals surface area contributed by atoms with Gasteiger partial charge in [0.25, 0.3) is 5.91 Å². The maximum Gasteiger partial charge on any atom is 0.326 e. The third-order valence-corrected chi connectivity index (χ3v) is 6.80. The molecule has 0 saturated carbocycles. The Kier molecular flexibility index (Phi) is 7.28. The summed E-state index contributed by atoms with van der Waals surface area (Å²) < 4.78 is 11.0. The Morgan fingerprint density at radius 3 is 2.52 bits per heavy atom. The predicted octanol–water partition coefficient (Wildman–Crippen LogP) is 2.30. The molecule has 0 bridgehead atoms. The number of esters is 1. The minimum atomic E-state index is -0.600. The lowest BCUT2D eigenvalue weighted by atomic mass is 10.2. The highest BCUT2D eigenvalue weighted by molar-refractivity contribution is 8.26. The van der Waals surface area contributed by atoms with Crippen LogP contribution in [0.2, 0.25) is 0 Å². The number of amides is 2. The van der Waals surface area contributed by atoms with Gasteiger partial charge in [0, 0.05) is 0 Å². The van der Waals surface area contributed by atoms with Gasteiger partial charge in [-0.15, -0.1) is 0 Å². The zero-order chi connectivity index (χ0) is 21.0. The molecule has 0 spiro atoms. The maximum absolute atomic E-state index is 12.6. The molecule has 29 heavy (non-hydrogen) atoms. The van der Waals surface area contributed by atoms with Crippen LogP contribution in [0, 0.1) is 0 Å². The average molecular weight is 469 g/mol. The van der Waals surface area contributed by atoms with Gasteiger partial charge in [-0.3, -0.25) is 24.2 Å². The average Bonchev–Trinajstić information content (AvgIpc) is 3.16. The van der Waals surface area contributed by atoms with E-state index in [1.807, 2.05) is 12.1 Å². The van der Waals surface area contributed by atoms with Crippen molar-refractivity contribution in [3.05, 3.63) is 34.7 Å². The van der Waals surface area contributed by atoms with Crippen LogP contribution in [-0.4, -0.2) is 68.8 Å². The highest BCUT2D eigenvalue weighted by atomic mass is 32.2. The van der Waals surface area contributed by atoms with Crippen LogP contribution in [0.1, 0.15) is 5.56 Å². The van der Waals surface area contributed by atoms with Gasteiger partial charge in [-0.25, -0.2) is 0 Å². The van der Waals surface area contributed by atoms with E-state index in [1.165, 1.54) is 21.6 Å². The number of benzene rings is 1.